The molecule has 0 amide bonds. The van der Waals surface area contributed by atoms with Gasteiger partial charge >= 0.3 is 0 Å². The van der Waals surface area contributed by atoms with Crippen LogP contribution in [-0.2, 0) is 26.5 Å². The molecule has 3 aliphatic rings. The van der Waals surface area contributed by atoms with E-state index in [-0.39, 0.29) is 24.0 Å². The summed E-state index contributed by atoms with van der Waals surface area (Å²) in [6.45, 7) is 12.4. The van der Waals surface area contributed by atoms with Gasteiger partial charge in [-0.25, -0.2) is 9.67 Å². The van der Waals surface area contributed by atoms with Crippen molar-refractivity contribution < 1.29 is 19.3 Å². The maximum Gasteiger partial charge on any atom is 0.167 e. The van der Waals surface area contributed by atoms with Gasteiger partial charge in [-0.15, -0.1) is 0 Å². The second kappa shape index (κ2) is 10.8. The topological polar surface area (TPSA) is 99.7 Å². The van der Waals surface area contributed by atoms with Crippen LogP contribution in [0.2, 0.25) is 25.7 Å². The van der Waals surface area contributed by atoms with Gasteiger partial charge in [0, 0.05) is 45.4 Å². The van der Waals surface area contributed by atoms with E-state index in [1.165, 1.54) is 0 Å². The molecule has 2 aliphatic carbocycles. The van der Waals surface area contributed by atoms with Crippen LogP contribution in [0.15, 0.2) is 24.5 Å². The Morgan fingerprint density at radius 3 is 2.65 bits per heavy atom. The number of pyridine rings is 1. The third kappa shape index (κ3) is 5.11. The zero-order chi connectivity index (χ0) is 28.1. The number of morpholine rings is 1. The number of fused-ring (bicyclic) bond motifs is 3. The molecule has 0 spiro atoms. The van der Waals surface area contributed by atoms with Gasteiger partial charge in [-0.05, 0) is 56.6 Å². The summed E-state index contributed by atoms with van der Waals surface area (Å²) in [6.07, 6.45) is 7.16. The largest absolute Gasteiger partial charge is 0.393 e. The Bertz CT molecular complexity index is 1320. The van der Waals surface area contributed by atoms with Crippen LogP contribution in [-0.4, -0.2) is 83.3 Å². The van der Waals surface area contributed by atoms with Gasteiger partial charge in [-0.2, -0.15) is 14.9 Å². The Labute approximate surface area is 237 Å². The van der Waals surface area contributed by atoms with Crippen molar-refractivity contribution in [3.05, 3.63) is 30.1 Å². The number of rotatable bonds is 9. The van der Waals surface area contributed by atoms with Crippen LogP contribution in [0.3, 0.4) is 0 Å². The number of aliphatic hydroxyl groups is 1. The summed E-state index contributed by atoms with van der Waals surface area (Å²) in [6, 6.07) is 5.49. The molecule has 3 atom stereocenters. The normalized spacial score (nSPS) is 29.0. The quantitative estimate of drug-likeness (QED) is 0.303. The summed E-state index contributed by atoms with van der Waals surface area (Å²) in [5, 5.41) is 21.2. The Balaban J connectivity index is 1.42. The fourth-order valence-corrected chi connectivity index (χ4v) is 7.66. The summed E-state index contributed by atoms with van der Waals surface area (Å²) < 4.78 is 22.0. The second-order valence-corrected chi connectivity index (χ2v) is 18.8. The molecule has 1 N–H and O–H groups in total. The molecule has 2 saturated carbocycles. The van der Waals surface area contributed by atoms with Crippen LogP contribution in [0.4, 0.5) is 5.82 Å². The lowest BCUT2D eigenvalue weighted by Crippen LogP contribution is -2.45. The van der Waals surface area contributed by atoms with Gasteiger partial charge in [-0.3, -0.25) is 0 Å². The number of hydrogen-bond acceptors (Lipinski definition) is 8. The van der Waals surface area contributed by atoms with Gasteiger partial charge in [0.05, 0.1) is 43.4 Å². The minimum atomic E-state index is -1.18. The highest BCUT2D eigenvalue weighted by Crippen LogP contribution is 2.53. The maximum absolute atomic E-state index is 10.9. The molecule has 10 nitrogen and oxygen atoms in total. The summed E-state index contributed by atoms with van der Waals surface area (Å²) in [5.41, 5.74) is 1.40. The first-order valence-electron chi connectivity index (χ1n) is 14.8. The first-order chi connectivity index (χ1) is 19.2. The van der Waals surface area contributed by atoms with Gasteiger partial charge in [0.2, 0.25) is 0 Å². The number of nitrogens with zero attached hydrogens (tertiary/aromatic N) is 6. The maximum atomic E-state index is 10.9. The van der Waals surface area contributed by atoms with E-state index in [0.29, 0.717) is 19.9 Å². The second-order valence-electron chi connectivity index (χ2n) is 13.2. The minimum Gasteiger partial charge on any atom is -0.393 e. The molecule has 3 fully saturated rings. The highest BCUT2D eigenvalue weighted by atomic mass is 28.3. The number of aliphatic hydroxyl groups excluding tert-OH is 1. The van der Waals surface area contributed by atoms with Crippen LogP contribution < -0.4 is 4.90 Å². The Morgan fingerprint density at radius 2 is 1.95 bits per heavy atom. The summed E-state index contributed by atoms with van der Waals surface area (Å²) >= 11 is 0. The minimum absolute atomic E-state index is 0.205. The summed E-state index contributed by atoms with van der Waals surface area (Å²) in [7, 11) is 0.639. The molecule has 1 aliphatic heterocycles. The number of ether oxygens (including phenoxy) is 3. The molecule has 218 valence electrons. The van der Waals surface area contributed by atoms with Crippen molar-refractivity contribution in [3.63, 3.8) is 0 Å². The van der Waals surface area contributed by atoms with Gasteiger partial charge in [0.25, 0.3) is 0 Å². The zero-order valence-corrected chi connectivity index (χ0v) is 25.5. The van der Waals surface area contributed by atoms with Crippen molar-refractivity contribution in [3.8, 4) is 5.82 Å². The Morgan fingerprint density at radius 1 is 1.18 bits per heavy atom. The van der Waals surface area contributed by atoms with Crippen molar-refractivity contribution in [2.75, 3.05) is 38.4 Å². The van der Waals surface area contributed by atoms with Crippen LogP contribution in [0.25, 0.3) is 16.9 Å². The molecule has 11 heteroatoms. The highest BCUT2D eigenvalue weighted by Gasteiger charge is 2.51. The number of hydrogen-bond donors (Lipinski definition) is 1. The number of anilines is 1. The lowest BCUT2D eigenvalue weighted by molar-refractivity contribution is -0.1000. The van der Waals surface area contributed by atoms with E-state index in [1.54, 1.807) is 6.20 Å². The van der Waals surface area contributed by atoms with Crippen LogP contribution in [0.5, 0.6) is 0 Å². The Kier molecular flexibility index (Phi) is 7.54. The van der Waals surface area contributed by atoms with Crippen molar-refractivity contribution in [1.82, 2.24) is 24.5 Å². The molecule has 0 aromatic carbocycles. The van der Waals surface area contributed by atoms with Crippen molar-refractivity contribution in [1.29, 1.82) is 0 Å². The van der Waals surface area contributed by atoms with Gasteiger partial charge in [-0.1, -0.05) is 19.6 Å². The fraction of sp³-hybridized carbons (Fsp3) is 0.690. The van der Waals surface area contributed by atoms with E-state index in [9.17, 15) is 5.11 Å². The molecule has 40 heavy (non-hydrogen) atoms. The Hall–Kier alpha value is -2.31. The van der Waals surface area contributed by atoms with E-state index in [0.717, 1.165) is 73.1 Å². The molecule has 4 heterocycles. The molecule has 3 aromatic heterocycles. The zero-order valence-electron chi connectivity index (χ0n) is 24.5. The van der Waals surface area contributed by atoms with E-state index in [4.69, 9.17) is 24.3 Å². The lowest BCUT2D eigenvalue weighted by atomic mass is 9.71. The van der Waals surface area contributed by atoms with Crippen LogP contribution >= 0.6 is 0 Å². The molecular formula is C29H44N6O4Si. The lowest BCUT2D eigenvalue weighted by Gasteiger charge is -2.43. The third-order valence-electron chi connectivity index (χ3n) is 9.25. The predicted molar refractivity (Wildman–Crippen MR) is 157 cm³/mol. The van der Waals surface area contributed by atoms with Crippen LogP contribution in [0.1, 0.15) is 38.2 Å². The number of methoxy groups -OCH3 is 1. The van der Waals surface area contributed by atoms with E-state index in [1.807, 2.05) is 28.7 Å². The molecule has 2 unspecified atom stereocenters. The van der Waals surface area contributed by atoms with Crippen LogP contribution in [0, 0.1) is 11.8 Å². The molecule has 3 aromatic rings. The van der Waals surface area contributed by atoms with Gasteiger partial charge < -0.3 is 24.2 Å². The van der Waals surface area contributed by atoms with Crippen molar-refractivity contribution in [2.24, 2.45) is 11.8 Å². The average Bonchev–Trinajstić information content (AvgIpc) is 3.61. The summed E-state index contributed by atoms with van der Waals surface area (Å²) in [4.78, 5) is 7.54. The SMILES string of the molecule is COC1(c2cc(N3CCOC[C@H]3C)nc3c2cnn3-c2ccnn2COCC[Si](C)(C)C)CC2CCC(C1)C2O. The predicted octanol–water partition coefficient (Wildman–Crippen LogP) is 4.18. The molecule has 6 rings (SSSR count). The molecule has 2 bridgehead atoms. The van der Waals surface area contributed by atoms with Crippen molar-refractivity contribution >= 4 is 24.9 Å². The smallest absolute Gasteiger partial charge is 0.167 e. The monoisotopic (exact) mass is 568 g/mol. The highest BCUT2D eigenvalue weighted by molar-refractivity contribution is 6.76. The van der Waals surface area contributed by atoms with E-state index >= 15 is 0 Å². The average molecular weight is 569 g/mol. The summed E-state index contributed by atoms with van der Waals surface area (Å²) in [5.74, 6) is 2.22. The molecule has 1 saturated heterocycles. The fourth-order valence-electron chi connectivity index (χ4n) is 6.91. The van der Waals surface area contributed by atoms with E-state index < -0.39 is 13.7 Å². The van der Waals surface area contributed by atoms with Crippen molar-refractivity contribution in [2.45, 2.75) is 82.8 Å². The standard InChI is InChI=1S/C29H44N6O4Si/c1-20-18-38-11-10-33(20)25-14-24(29(37-2)15-21-6-7-22(16-29)27(21)36)23-17-31-35(28(23)32-25)26-8-9-30-34(26)19-39-12-13-40(3,4)5/h8-9,14,17,20-22,27,36H,6-7,10-13,15-16,18-19H2,1-5H3/t20-,21?,22?,27?,29?/m1/s1. The first-order valence-corrected chi connectivity index (χ1v) is 18.5. The van der Waals surface area contributed by atoms with E-state index in [2.05, 4.69) is 42.6 Å². The van der Waals surface area contributed by atoms with Gasteiger partial charge in [0.15, 0.2) is 11.5 Å². The third-order valence-corrected chi connectivity index (χ3v) is 11.0. The number of aromatic nitrogens is 5. The molecular weight excluding hydrogens is 524 g/mol. The van der Waals surface area contributed by atoms with Gasteiger partial charge in [0.1, 0.15) is 12.5 Å². The molecule has 0 radical (unpaired) electrons. The first kappa shape index (κ1) is 27.8.